The maximum absolute atomic E-state index is 5.67. The molecule has 0 saturated heterocycles. The van der Waals surface area contributed by atoms with Crippen molar-refractivity contribution >= 4 is 23.0 Å². The van der Waals surface area contributed by atoms with Crippen LogP contribution in [-0.2, 0) is 13.1 Å². The van der Waals surface area contributed by atoms with E-state index in [1.807, 2.05) is 59.5 Å². The molecule has 0 saturated carbocycles. The second-order valence-electron chi connectivity index (χ2n) is 6.00. The molecule has 0 amide bonds. The lowest BCUT2D eigenvalue weighted by Gasteiger charge is -2.25. The number of hydrogen-bond donors (Lipinski definition) is 1. The highest BCUT2D eigenvalue weighted by Gasteiger charge is 2.16. The zero-order valence-electron chi connectivity index (χ0n) is 14.5. The van der Waals surface area contributed by atoms with E-state index in [1.54, 1.807) is 12.4 Å². The molecule has 1 N–H and O–H groups in total. The summed E-state index contributed by atoms with van der Waals surface area (Å²) in [6.07, 6.45) is 3.56. The van der Waals surface area contributed by atoms with Gasteiger partial charge in [-0.25, -0.2) is 0 Å². The highest BCUT2D eigenvalue weighted by Crippen LogP contribution is 2.34. The molecule has 1 aromatic carbocycles. The molecule has 0 atom stereocenters. The third-order valence-electron chi connectivity index (χ3n) is 4.07. The molecular formula is C20H18N4O2S. The molecule has 1 aliphatic rings. The number of aromatic nitrogens is 2. The third kappa shape index (κ3) is 4.32. The van der Waals surface area contributed by atoms with Gasteiger partial charge in [0.2, 0.25) is 6.79 Å². The van der Waals surface area contributed by atoms with Crippen LogP contribution in [0.2, 0.25) is 0 Å². The minimum atomic E-state index is 0.245. The first-order valence-corrected chi connectivity index (χ1v) is 8.94. The lowest BCUT2D eigenvalue weighted by atomic mass is 10.2. The second-order valence-corrected chi connectivity index (χ2v) is 6.38. The van der Waals surface area contributed by atoms with E-state index in [0.717, 1.165) is 22.8 Å². The summed E-state index contributed by atoms with van der Waals surface area (Å²) in [5.74, 6) is 1.45. The van der Waals surface area contributed by atoms with Gasteiger partial charge in [-0.2, -0.15) is 0 Å². The van der Waals surface area contributed by atoms with Crippen molar-refractivity contribution in [1.82, 2.24) is 14.9 Å². The number of ether oxygens (including phenoxy) is 2. The van der Waals surface area contributed by atoms with Crippen LogP contribution in [0.4, 0.5) is 5.69 Å². The number of anilines is 1. The molecule has 1 aliphatic heterocycles. The van der Waals surface area contributed by atoms with Crippen molar-refractivity contribution in [2.24, 2.45) is 0 Å². The maximum Gasteiger partial charge on any atom is 0.231 e. The molecule has 27 heavy (non-hydrogen) atoms. The molecule has 0 spiro atoms. The Morgan fingerprint density at radius 2 is 1.59 bits per heavy atom. The Hall–Kier alpha value is -3.19. The number of thiocarbonyl (C=S) groups is 1. The normalized spacial score (nSPS) is 11.9. The predicted octanol–water partition coefficient (Wildman–Crippen LogP) is 3.60. The zero-order chi connectivity index (χ0) is 18.5. The number of fused-ring (bicyclic) bond motifs is 1. The van der Waals surface area contributed by atoms with Crippen molar-refractivity contribution < 1.29 is 9.47 Å². The van der Waals surface area contributed by atoms with E-state index < -0.39 is 0 Å². The molecule has 0 unspecified atom stereocenters. The van der Waals surface area contributed by atoms with Gasteiger partial charge >= 0.3 is 0 Å². The van der Waals surface area contributed by atoms with Gasteiger partial charge in [-0.15, -0.1) is 0 Å². The largest absolute Gasteiger partial charge is 0.454 e. The van der Waals surface area contributed by atoms with E-state index in [1.165, 1.54) is 0 Å². The van der Waals surface area contributed by atoms with Gasteiger partial charge in [0.15, 0.2) is 16.6 Å². The van der Waals surface area contributed by atoms with Crippen LogP contribution >= 0.6 is 12.2 Å². The number of hydrogen-bond acceptors (Lipinski definition) is 5. The van der Waals surface area contributed by atoms with Crippen LogP contribution in [0.1, 0.15) is 11.4 Å². The number of nitrogens with zero attached hydrogens (tertiary/aromatic N) is 3. The fourth-order valence-corrected chi connectivity index (χ4v) is 3.00. The van der Waals surface area contributed by atoms with Crippen molar-refractivity contribution in [2.45, 2.75) is 13.1 Å². The Kier molecular flexibility index (Phi) is 5.11. The summed E-state index contributed by atoms with van der Waals surface area (Å²) in [5, 5.41) is 3.87. The van der Waals surface area contributed by atoms with E-state index in [-0.39, 0.29) is 6.79 Å². The van der Waals surface area contributed by atoms with Gasteiger partial charge in [0.05, 0.1) is 24.5 Å². The summed E-state index contributed by atoms with van der Waals surface area (Å²) in [5.41, 5.74) is 2.71. The lowest BCUT2D eigenvalue weighted by Crippen LogP contribution is -2.34. The van der Waals surface area contributed by atoms with Crippen LogP contribution in [0.5, 0.6) is 11.5 Å². The molecule has 0 aliphatic carbocycles. The van der Waals surface area contributed by atoms with Crippen LogP contribution < -0.4 is 14.8 Å². The maximum atomic E-state index is 5.67. The van der Waals surface area contributed by atoms with Gasteiger partial charge in [-0.3, -0.25) is 9.97 Å². The van der Waals surface area contributed by atoms with Crippen molar-refractivity contribution in [1.29, 1.82) is 0 Å². The Morgan fingerprint density at radius 1 is 0.926 bits per heavy atom. The molecule has 0 fully saturated rings. The summed E-state index contributed by atoms with van der Waals surface area (Å²) in [6, 6.07) is 17.4. The fourth-order valence-electron chi connectivity index (χ4n) is 2.75. The average Bonchev–Trinajstić information content (AvgIpc) is 3.17. The lowest BCUT2D eigenvalue weighted by molar-refractivity contribution is 0.174. The molecule has 0 radical (unpaired) electrons. The highest BCUT2D eigenvalue weighted by molar-refractivity contribution is 7.80. The molecule has 3 aromatic rings. The van der Waals surface area contributed by atoms with E-state index in [0.29, 0.717) is 24.0 Å². The Labute approximate surface area is 162 Å². The fraction of sp³-hybridized carbons (Fsp3) is 0.150. The second kappa shape index (κ2) is 8.01. The van der Waals surface area contributed by atoms with Crippen LogP contribution in [0.15, 0.2) is 67.0 Å². The third-order valence-corrected chi connectivity index (χ3v) is 4.43. The minimum absolute atomic E-state index is 0.245. The Morgan fingerprint density at radius 3 is 2.22 bits per heavy atom. The molecular weight excluding hydrogens is 360 g/mol. The van der Waals surface area contributed by atoms with E-state index in [2.05, 4.69) is 15.3 Å². The number of nitrogens with one attached hydrogen (secondary N) is 1. The van der Waals surface area contributed by atoms with Crippen molar-refractivity contribution in [3.8, 4) is 11.5 Å². The topological polar surface area (TPSA) is 59.5 Å². The summed E-state index contributed by atoms with van der Waals surface area (Å²) >= 11 is 5.67. The molecule has 3 heterocycles. The van der Waals surface area contributed by atoms with E-state index in [9.17, 15) is 0 Å². The molecule has 0 bridgehead atoms. The number of pyridine rings is 2. The Bertz CT molecular complexity index is 880. The van der Waals surface area contributed by atoms with Crippen molar-refractivity contribution in [3.05, 3.63) is 78.4 Å². The van der Waals surface area contributed by atoms with Crippen LogP contribution in [-0.4, -0.2) is 26.8 Å². The predicted molar refractivity (Wildman–Crippen MR) is 107 cm³/mol. The van der Waals surface area contributed by atoms with E-state index in [4.69, 9.17) is 21.7 Å². The first-order valence-electron chi connectivity index (χ1n) is 8.53. The van der Waals surface area contributed by atoms with Gasteiger partial charge in [0.25, 0.3) is 0 Å². The summed E-state index contributed by atoms with van der Waals surface area (Å²) < 4.78 is 10.8. The number of benzene rings is 1. The minimum Gasteiger partial charge on any atom is -0.454 e. The smallest absolute Gasteiger partial charge is 0.231 e. The molecule has 6 nitrogen and oxygen atoms in total. The summed E-state index contributed by atoms with van der Waals surface area (Å²) in [4.78, 5) is 10.9. The highest BCUT2D eigenvalue weighted by atomic mass is 32.1. The van der Waals surface area contributed by atoms with Gasteiger partial charge in [-0.05, 0) is 48.6 Å². The molecule has 136 valence electrons. The monoisotopic (exact) mass is 378 g/mol. The van der Waals surface area contributed by atoms with Gasteiger partial charge in [0, 0.05) is 24.1 Å². The quantitative estimate of drug-likeness (QED) is 0.681. The van der Waals surface area contributed by atoms with Crippen LogP contribution in [0.25, 0.3) is 0 Å². The summed E-state index contributed by atoms with van der Waals surface area (Å²) in [7, 11) is 0. The number of rotatable bonds is 5. The molecule has 7 heteroatoms. The van der Waals surface area contributed by atoms with E-state index >= 15 is 0 Å². The first-order chi connectivity index (χ1) is 13.3. The molecule has 4 rings (SSSR count). The van der Waals surface area contributed by atoms with Crippen molar-refractivity contribution in [2.75, 3.05) is 12.1 Å². The first kappa shape index (κ1) is 17.2. The average molecular weight is 378 g/mol. The van der Waals surface area contributed by atoms with Gasteiger partial charge in [0.1, 0.15) is 0 Å². The summed E-state index contributed by atoms with van der Waals surface area (Å²) in [6.45, 7) is 1.40. The van der Waals surface area contributed by atoms with Crippen LogP contribution in [0.3, 0.4) is 0 Å². The van der Waals surface area contributed by atoms with Gasteiger partial charge in [-0.1, -0.05) is 12.1 Å². The van der Waals surface area contributed by atoms with Crippen molar-refractivity contribution in [3.63, 3.8) is 0 Å². The molecule has 2 aromatic heterocycles. The zero-order valence-corrected chi connectivity index (χ0v) is 15.4. The standard InChI is InChI=1S/C20H18N4O2S/c27-20(23-15-7-8-18-19(11-15)26-14-25-18)24(12-16-5-1-3-9-21-16)13-17-6-2-4-10-22-17/h1-11H,12-14H2,(H,23,27). The Balaban J connectivity index is 1.52. The van der Waals surface area contributed by atoms with Gasteiger partial charge < -0.3 is 19.7 Å². The SMILES string of the molecule is S=C(Nc1ccc2c(c1)OCO2)N(Cc1ccccn1)Cc1ccccn1. The van der Waals surface area contributed by atoms with Crippen LogP contribution in [0, 0.1) is 0 Å².